The molecule has 0 N–H and O–H groups in total. The first-order chi connectivity index (χ1) is 10.4. The van der Waals surface area contributed by atoms with Gasteiger partial charge in [0.1, 0.15) is 18.8 Å². The van der Waals surface area contributed by atoms with Crippen LogP contribution in [0.2, 0.25) is 5.02 Å². The number of ether oxygens (including phenoxy) is 1. The number of hydrogen-bond acceptors (Lipinski definition) is 3. The maximum absolute atomic E-state index is 13.2. The van der Waals surface area contributed by atoms with Crippen molar-refractivity contribution in [3.8, 4) is 0 Å². The summed E-state index contributed by atoms with van der Waals surface area (Å²) in [5.41, 5.74) is -0.922. The Hall–Kier alpha value is -1.60. The SMILES string of the molecule is CCCOC([C]n1cncn1)c1ccc(Cl)cc1C(F)(F)F. The fourth-order valence-electron chi connectivity index (χ4n) is 1.83. The fourth-order valence-corrected chi connectivity index (χ4v) is 2.00. The highest BCUT2D eigenvalue weighted by molar-refractivity contribution is 6.30. The molecule has 0 aliphatic rings. The highest BCUT2D eigenvalue weighted by atomic mass is 35.5. The second kappa shape index (κ2) is 7.11. The molecule has 1 aromatic carbocycles. The predicted octanol–water partition coefficient (Wildman–Crippen LogP) is 4.01. The molecule has 0 saturated carbocycles. The zero-order valence-corrected chi connectivity index (χ0v) is 12.4. The average molecular weight is 332 g/mol. The quantitative estimate of drug-likeness (QED) is 0.803. The maximum atomic E-state index is 13.2. The van der Waals surface area contributed by atoms with Gasteiger partial charge in [-0.2, -0.15) is 18.3 Å². The van der Waals surface area contributed by atoms with Crippen LogP contribution in [0.3, 0.4) is 0 Å². The Labute approximate surface area is 130 Å². The summed E-state index contributed by atoms with van der Waals surface area (Å²) in [5.74, 6) is 0. The molecule has 2 rings (SSSR count). The molecule has 0 aliphatic heterocycles. The van der Waals surface area contributed by atoms with Gasteiger partial charge in [-0.3, -0.25) is 0 Å². The van der Waals surface area contributed by atoms with E-state index in [4.69, 9.17) is 16.3 Å². The van der Waals surface area contributed by atoms with Crippen molar-refractivity contribution in [3.63, 3.8) is 0 Å². The molecule has 0 spiro atoms. The van der Waals surface area contributed by atoms with E-state index in [1.807, 2.05) is 6.92 Å². The molecule has 22 heavy (non-hydrogen) atoms. The van der Waals surface area contributed by atoms with Gasteiger partial charge in [-0.1, -0.05) is 24.6 Å². The first-order valence-electron chi connectivity index (χ1n) is 6.51. The summed E-state index contributed by atoms with van der Waals surface area (Å²) in [7, 11) is 0. The molecule has 1 atom stereocenters. The van der Waals surface area contributed by atoms with Crippen molar-refractivity contribution in [2.24, 2.45) is 0 Å². The topological polar surface area (TPSA) is 39.9 Å². The van der Waals surface area contributed by atoms with Crippen LogP contribution >= 0.6 is 11.6 Å². The van der Waals surface area contributed by atoms with E-state index in [0.717, 1.165) is 6.07 Å². The minimum atomic E-state index is -4.54. The first kappa shape index (κ1) is 16.8. The molecular formula is C14H13ClF3N3O. The van der Waals surface area contributed by atoms with Gasteiger partial charge in [-0.15, -0.1) is 0 Å². The van der Waals surface area contributed by atoms with Crippen molar-refractivity contribution in [1.29, 1.82) is 0 Å². The number of nitrogens with zero attached hydrogens (tertiary/aromatic N) is 3. The minimum absolute atomic E-state index is 0.00562. The normalized spacial score (nSPS) is 13.3. The van der Waals surface area contributed by atoms with Crippen molar-refractivity contribution < 1.29 is 17.9 Å². The molecule has 1 heterocycles. The van der Waals surface area contributed by atoms with Gasteiger partial charge >= 0.3 is 6.18 Å². The molecule has 8 heteroatoms. The largest absolute Gasteiger partial charge is 0.416 e. The lowest BCUT2D eigenvalue weighted by Crippen LogP contribution is -2.17. The summed E-state index contributed by atoms with van der Waals surface area (Å²) < 4.78 is 46.3. The first-order valence-corrected chi connectivity index (χ1v) is 6.89. The van der Waals surface area contributed by atoms with Gasteiger partial charge in [0, 0.05) is 11.6 Å². The van der Waals surface area contributed by atoms with Crippen LogP contribution in [0.4, 0.5) is 13.2 Å². The van der Waals surface area contributed by atoms with E-state index >= 15 is 0 Å². The Morgan fingerprint density at radius 1 is 1.41 bits per heavy atom. The fraction of sp³-hybridized carbons (Fsp3) is 0.357. The zero-order valence-electron chi connectivity index (χ0n) is 11.6. The van der Waals surface area contributed by atoms with E-state index in [2.05, 4.69) is 16.6 Å². The molecular weight excluding hydrogens is 319 g/mol. The number of benzene rings is 1. The van der Waals surface area contributed by atoms with Crippen LogP contribution in [0.15, 0.2) is 30.9 Å². The highest BCUT2D eigenvalue weighted by Crippen LogP contribution is 2.38. The molecule has 1 unspecified atom stereocenters. The summed E-state index contributed by atoms with van der Waals surface area (Å²) >= 11 is 5.69. The minimum Gasteiger partial charge on any atom is -0.371 e. The molecule has 0 amide bonds. The Bertz CT molecular complexity index is 602. The van der Waals surface area contributed by atoms with Gasteiger partial charge in [0.15, 0.2) is 6.54 Å². The number of halogens is 4. The van der Waals surface area contributed by atoms with E-state index in [9.17, 15) is 13.2 Å². The highest BCUT2D eigenvalue weighted by Gasteiger charge is 2.36. The Kier molecular flexibility index (Phi) is 5.42. The lowest BCUT2D eigenvalue weighted by molar-refractivity contribution is -0.139. The summed E-state index contributed by atoms with van der Waals surface area (Å²) in [6.45, 7) is 4.86. The van der Waals surface area contributed by atoms with Crippen LogP contribution in [-0.4, -0.2) is 21.4 Å². The van der Waals surface area contributed by atoms with E-state index < -0.39 is 17.8 Å². The van der Waals surface area contributed by atoms with Crippen LogP contribution in [0.5, 0.6) is 0 Å². The molecule has 0 aliphatic carbocycles. The summed E-state index contributed by atoms with van der Waals surface area (Å²) in [5, 5.41) is 3.81. The van der Waals surface area contributed by atoms with Crippen LogP contribution in [0.1, 0.15) is 30.6 Å². The second-order valence-electron chi connectivity index (χ2n) is 4.45. The standard InChI is InChI=1S/C14H13ClF3N3O/c1-2-5-22-13(7-21-9-19-8-20-21)11-4-3-10(15)6-12(11)14(16,17)18/h3-4,6,8-9,13H,2,5H2,1H3. The molecule has 118 valence electrons. The van der Waals surface area contributed by atoms with Gasteiger partial charge in [0.2, 0.25) is 0 Å². The molecule has 0 fully saturated rings. The summed E-state index contributed by atoms with van der Waals surface area (Å²) in [6, 6.07) is 3.55. The van der Waals surface area contributed by atoms with Crippen molar-refractivity contribution in [3.05, 3.63) is 53.5 Å². The lowest BCUT2D eigenvalue weighted by atomic mass is 10.0. The van der Waals surface area contributed by atoms with Crippen LogP contribution < -0.4 is 0 Å². The number of alkyl halides is 3. The van der Waals surface area contributed by atoms with Gasteiger partial charge in [0.05, 0.1) is 5.56 Å². The van der Waals surface area contributed by atoms with Crippen LogP contribution in [0.25, 0.3) is 0 Å². The number of hydrogen-bond donors (Lipinski definition) is 0. The smallest absolute Gasteiger partial charge is 0.371 e. The van der Waals surface area contributed by atoms with Gasteiger partial charge in [-0.25, -0.2) is 9.67 Å². The Balaban J connectivity index is 2.37. The molecule has 2 aromatic rings. The summed E-state index contributed by atoms with van der Waals surface area (Å²) in [6.07, 6.45) is -2.33. The predicted molar refractivity (Wildman–Crippen MR) is 74.1 cm³/mol. The molecule has 0 bridgehead atoms. The third kappa shape index (κ3) is 4.20. The lowest BCUT2D eigenvalue weighted by Gasteiger charge is -2.21. The molecule has 0 saturated heterocycles. The Morgan fingerprint density at radius 2 is 2.18 bits per heavy atom. The van der Waals surface area contributed by atoms with Crippen molar-refractivity contribution in [1.82, 2.24) is 14.8 Å². The van der Waals surface area contributed by atoms with Crippen molar-refractivity contribution >= 4 is 11.6 Å². The van der Waals surface area contributed by atoms with Gasteiger partial charge in [0.25, 0.3) is 0 Å². The van der Waals surface area contributed by atoms with Crippen LogP contribution in [-0.2, 0) is 10.9 Å². The Morgan fingerprint density at radius 3 is 2.77 bits per heavy atom. The van der Waals surface area contributed by atoms with E-state index in [-0.39, 0.29) is 17.2 Å². The van der Waals surface area contributed by atoms with E-state index in [1.54, 1.807) is 0 Å². The van der Waals surface area contributed by atoms with Gasteiger partial charge < -0.3 is 4.74 Å². The average Bonchev–Trinajstić information content (AvgIpc) is 2.95. The third-order valence-electron chi connectivity index (χ3n) is 2.76. The number of aromatic nitrogens is 3. The zero-order chi connectivity index (χ0) is 16.2. The second-order valence-corrected chi connectivity index (χ2v) is 4.89. The number of rotatable bonds is 6. The van der Waals surface area contributed by atoms with Crippen molar-refractivity contribution in [2.75, 3.05) is 6.61 Å². The molecule has 2 radical (unpaired) electrons. The van der Waals surface area contributed by atoms with E-state index in [1.165, 1.54) is 29.5 Å². The monoisotopic (exact) mass is 331 g/mol. The molecule has 1 aromatic heterocycles. The third-order valence-corrected chi connectivity index (χ3v) is 3.00. The summed E-state index contributed by atoms with van der Waals surface area (Å²) in [4.78, 5) is 3.72. The van der Waals surface area contributed by atoms with Crippen LogP contribution in [0, 0.1) is 6.54 Å². The maximum Gasteiger partial charge on any atom is 0.416 e. The van der Waals surface area contributed by atoms with E-state index in [0.29, 0.717) is 6.42 Å². The van der Waals surface area contributed by atoms with Gasteiger partial charge in [-0.05, 0) is 24.1 Å². The molecule has 4 nitrogen and oxygen atoms in total. The van der Waals surface area contributed by atoms with Crippen molar-refractivity contribution in [2.45, 2.75) is 25.6 Å².